The van der Waals surface area contributed by atoms with Crippen molar-refractivity contribution in [1.29, 1.82) is 0 Å². The fraction of sp³-hybridized carbons (Fsp3) is 0.917. The Morgan fingerprint density at radius 1 is 1.16 bits per heavy atom. The Morgan fingerprint density at radius 3 is 1.79 bits per heavy atom. The number of carbonyl (C=O) groups is 1. The average molecular weight is 282 g/mol. The molecule has 2 atom stereocenters. The first kappa shape index (κ1) is 20.6. The highest BCUT2D eigenvalue weighted by Gasteiger charge is 2.35. The molecule has 116 valence electrons. The molecule has 0 aromatic rings. The zero-order chi connectivity index (χ0) is 15.5. The smallest absolute Gasteiger partial charge is 0.314 e. The van der Waals surface area contributed by atoms with Crippen molar-refractivity contribution in [2.24, 2.45) is 11.3 Å². The van der Waals surface area contributed by atoms with Crippen molar-refractivity contribution in [3.8, 4) is 0 Å². The highest BCUT2D eigenvalue weighted by atomic mass is 16.4. The van der Waals surface area contributed by atoms with Crippen molar-refractivity contribution >= 4 is 5.97 Å². The molecular formula is C12H26O7. The van der Waals surface area contributed by atoms with Crippen molar-refractivity contribution < 1.29 is 35.4 Å². The van der Waals surface area contributed by atoms with E-state index in [0.717, 1.165) is 0 Å². The van der Waals surface area contributed by atoms with E-state index in [1.165, 1.54) is 0 Å². The van der Waals surface area contributed by atoms with Gasteiger partial charge in [0.25, 0.3) is 0 Å². The van der Waals surface area contributed by atoms with Gasteiger partial charge in [-0.05, 0) is 12.8 Å². The Hall–Kier alpha value is -0.730. The van der Waals surface area contributed by atoms with E-state index in [4.69, 9.17) is 30.6 Å². The Kier molecular flexibility index (Phi) is 12.1. The maximum absolute atomic E-state index is 10.4. The Bertz CT molecular complexity index is 220. The lowest BCUT2D eigenvalue weighted by Crippen LogP contribution is -2.37. The van der Waals surface area contributed by atoms with Crippen LogP contribution in [0, 0.1) is 11.3 Å². The minimum absolute atomic E-state index is 0.0223. The van der Waals surface area contributed by atoms with E-state index in [-0.39, 0.29) is 25.6 Å². The molecule has 0 aliphatic carbocycles. The third kappa shape index (κ3) is 7.44. The normalized spacial score (nSPS) is 14.3. The van der Waals surface area contributed by atoms with E-state index in [0.29, 0.717) is 6.42 Å². The fourth-order valence-electron chi connectivity index (χ4n) is 1.10. The van der Waals surface area contributed by atoms with Crippen LogP contribution >= 0.6 is 0 Å². The third-order valence-electron chi connectivity index (χ3n) is 3.11. The first-order chi connectivity index (χ1) is 8.84. The minimum atomic E-state index is -1.35. The number of hydrogen-bond donors (Lipinski definition) is 6. The molecule has 0 heterocycles. The van der Waals surface area contributed by atoms with Crippen LogP contribution < -0.4 is 0 Å². The number of aliphatic hydroxyl groups is 5. The second-order valence-electron chi connectivity index (χ2n) is 4.49. The largest absolute Gasteiger partial charge is 0.481 e. The molecule has 0 amide bonds. The summed E-state index contributed by atoms with van der Waals surface area (Å²) < 4.78 is 0. The third-order valence-corrected chi connectivity index (χ3v) is 3.11. The molecule has 19 heavy (non-hydrogen) atoms. The molecule has 0 saturated heterocycles. The number of hydrogen-bond acceptors (Lipinski definition) is 6. The Morgan fingerprint density at radius 2 is 1.63 bits per heavy atom. The lowest BCUT2D eigenvalue weighted by atomic mass is 9.87. The lowest BCUT2D eigenvalue weighted by Gasteiger charge is -2.21. The summed E-state index contributed by atoms with van der Waals surface area (Å²) in [5.41, 5.74) is -1.35. The molecule has 0 aliphatic heterocycles. The molecule has 0 aromatic heterocycles. The summed E-state index contributed by atoms with van der Waals surface area (Å²) in [4.78, 5) is 10.4. The van der Waals surface area contributed by atoms with Crippen LogP contribution in [0.4, 0.5) is 0 Å². The number of aliphatic carboxylic acids is 1. The summed E-state index contributed by atoms with van der Waals surface area (Å²) in [6, 6.07) is 0. The van der Waals surface area contributed by atoms with Crippen LogP contribution in [-0.4, -0.2) is 69.1 Å². The molecule has 0 saturated carbocycles. The first-order valence-corrected chi connectivity index (χ1v) is 6.20. The molecule has 0 aromatic carbocycles. The van der Waals surface area contributed by atoms with Gasteiger partial charge in [0.1, 0.15) is 5.41 Å². The number of carboxylic acids is 1. The maximum Gasteiger partial charge on any atom is 0.314 e. The van der Waals surface area contributed by atoms with Gasteiger partial charge in [0.15, 0.2) is 0 Å². The predicted octanol–water partition coefficient (Wildman–Crippen LogP) is -1.19. The SMILES string of the molecule is CC(CO)C(O)CCO.CCC(CO)(CO)C(=O)O. The second-order valence-corrected chi connectivity index (χ2v) is 4.49. The van der Waals surface area contributed by atoms with Gasteiger partial charge in [0.2, 0.25) is 0 Å². The molecular weight excluding hydrogens is 256 g/mol. The molecule has 0 spiro atoms. The standard InChI is InChI=1S/C6H12O4.C6H14O3/c1-2-6(3-7,4-8)5(9)10;1-5(4-8)6(9)2-3-7/h7-8H,2-4H2,1H3,(H,9,10);5-9H,2-4H2,1H3. The van der Waals surface area contributed by atoms with Crippen LogP contribution in [0.25, 0.3) is 0 Å². The van der Waals surface area contributed by atoms with Crippen molar-refractivity contribution in [1.82, 2.24) is 0 Å². The topological polar surface area (TPSA) is 138 Å². The van der Waals surface area contributed by atoms with Crippen LogP contribution in [0.3, 0.4) is 0 Å². The monoisotopic (exact) mass is 282 g/mol. The summed E-state index contributed by atoms with van der Waals surface area (Å²) in [6.45, 7) is 2.26. The van der Waals surface area contributed by atoms with Crippen LogP contribution in [0.5, 0.6) is 0 Å². The van der Waals surface area contributed by atoms with Gasteiger partial charge in [-0.15, -0.1) is 0 Å². The molecule has 0 fully saturated rings. The van der Waals surface area contributed by atoms with Gasteiger partial charge < -0.3 is 30.6 Å². The fourth-order valence-corrected chi connectivity index (χ4v) is 1.10. The molecule has 7 nitrogen and oxygen atoms in total. The van der Waals surface area contributed by atoms with Gasteiger partial charge in [0, 0.05) is 19.1 Å². The summed E-state index contributed by atoms with van der Waals surface area (Å²) in [5.74, 6) is -1.28. The van der Waals surface area contributed by atoms with Crippen LogP contribution in [0.15, 0.2) is 0 Å². The van der Waals surface area contributed by atoms with Gasteiger partial charge in [-0.2, -0.15) is 0 Å². The van der Waals surface area contributed by atoms with E-state index in [9.17, 15) is 4.79 Å². The van der Waals surface area contributed by atoms with Gasteiger partial charge in [0.05, 0.1) is 19.3 Å². The van der Waals surface area contributed by atoms with Crippen molar-refractivity contribution in [2.45, 2.75) is 32.8 Å². The molecule has 0 bridgehead atoms. The summed E-state index contributed by atoms with van der Waals surface area (Å²) in [7, 11) is 0. The maximum atomic E-state index is 10.4. The minimum Gasteiger partial charge on any atom is -0.481 e. The average Bonchev–Trinajstić information content (AvgIpc) is 2.41. The number of rotatable bonds is 8. The van der Waals surface area contributed by atoms with Gasteiger partial charge in [-0.3, -0.25) is 4.79 Å². The van der Waals surface area contributed by atoms with Gasteiger partial charge in [-0.25, -0.2) is 0 Å². The van der Waals surface area contributed by atoms with E-state index in [2.05, 4.69) is 0 Å². The summed E-state index contributed by atoms with van der Waals surface area (Å²) >= 11 is 0. The van der Waals surface area contributed by atoms with Crippen molar-refractivity contribution in [3.63, 3.8) is 0 Å². The highest BCUT2D eigenvalue weighted by Crippen LogP contribution is 2.19. The van der Waals surface area contributed by atoms with Gasteiger partial charge in [-0.1, -0.05) is 13.8 Å². The Labute approximate surface area is 113 Å². The zero-order valence-corrected chi connectivity index (χ0v) is 11.5. The molecule has 0 rings (SSSR count). The van der Waals surface area contributed by atoms with E-state index in [1.807, 2.05) is 0 Å². The number of carboxylic acid groups (broad SMARTS) is 1. The van der Waals surface area contributed by atoms with Gasteiger partial charge >= 0.3 is 5.97 Å². The zero-order valence-electron chi connectivity index (χ0n) is 11.5. The first-order valence-electron chi connectivity index (χ1n) is 6.20. The molecule has 0 aliphatic rings. The van der Waals surface area contributed by atoms with Crippen molar-refractivity contribution in [3.05, 3.63) is 0 Å². The molecule has 6 N–H and O–H groups in total. The summed E-state index contributed by atoms with van der Waals surface area (Å²) in [5, 5.41) is 51.5. The van der Waals surface area contributed by atoms with Crippen molar-refractivity contribution in [2.75, 3.05) is 26.4 Å². The molecule has 0 radical (unpaired) electrons. The lowest BCUT2D eigenvalue weighted by molar-refractivity contribution is -0.154. The van der Waals surface area contributed by atoms with Crippen LogP contribution in [0.2, 0.25) is 0 Å². The van der Waals surface area contributed by atoms with E-state index < -0.39 is 30.7 Å². The summed E-state index contributed by atoms with van der Waals surface area (Å²) in [6.07, 6.45) is 0.0110. The quantitative estimate of drug-likeness (QED) is 0.329. The predicted molar refractivity (Wildman–Crippen MR) is 68.5 cm³/mol. The van der Waals surface area contributed by atoms with E-state index >= 15 is 0 Å². The van der Waals surface area contributed by atoms with Crippen LogP contribution in [-0.2, 0) is 4.79 Å². The van der Waals surface area contributed by atoms with E-state index in [1.54, 1.807) is 13.8 Å². The number of aliphatic hydroxyl groups excluding tert-OH is 5. The highest BCUT2D eigenvalue weighted by molar-refractivity contribution is 5.74. The molecule has 7 heteroatoms. The molecule has 2 unspecified atom stereocenters. The van der Waals surface area contributed by atoms with Crippen LogP contribution in [0.1, 0.15) is 26.7 Å². The second kappa shape index (κ2) is 11.1. The Balaban J connectivity index is 0.